The van der Waals surface area contributed by atoms with Crippen LogP contribution in [-0.4, -0.2) is 56.0 Å². The molecule has 1 rings (SSSR count). The Hall–Kier alpha value is -2.57. The number of para-hydroxylation sites is 1. The number of carbonyl (C=O) groups excluding carboxylic acids is 3. The number of hydrogen-bond donors (Lipinski definition) is 1. The smallest absolute Gasteiger partial charge is 0.307 e. The Bertz CT molecular complexity index is 595. The van der Waals surface area contributed by atoms with Gasteiger partial charge in [0.1, 0.15) is 5.75 Å². The van der Waals surface area contributed by atoms with E-state index in [4.69, 9.17) is 4.74 Å². The summed E-state index contributed by atoms with van der Waals surface area (Å²) >= 11 is 0. The molecule has 0 saturated carbocycles. The number of ether oxygens (including phenoxy) is 2. The van der Waals surface area contributed by atoms with Crippen LogP contribution in [0.3, 0.4) is 0 Å². The molecule has 0 heterocycles. The first-order valence-electron chi connectivity index (χ1n) is 8.13. The molecule has 7 heteroatoms. The lowest BCUT2D eigenvalue weighted by molar-refractivity contribution is -0.142. The van der Waals surface area contributed by atoms with E-state index in [9.17, 15) is 14.4 Å². The van der Waals surface area contributed by atoms with Crippen molar-refractivity contribution in [3.63, 3.8) is 0 Å². The van der Waals surface area contributed by atoms with Crippen LogP contribution >= 0.6 is 0 Å². The van der Waals surface area contributed by atoms with Crippen LogP contribution in [0.1, 0.15) is 24.5 Å². The van der Waals surface area contributed by atoms with Crippen molar-refractivity contribution in [2.24, 2.45) is 0 Å². The maximum absolute atomic E-state index is 12.5. The minimum atomic E-state index is -0.395. The Morgan fingerprint density at radius 1 is 1.12 bits per heavy atom. The van der Waals surface area contributed by atoms with Gasteiger partial charge in [-0.3, -0.25) is 14.4 Å². The maximum atomic E-state index is 12.5. The van der Waals surface area contributed by atoms with Crippen LogP contribution in [0.15, 0.2) is 18.2 Å². The van der Waals surface area contributed by atoms with Gasteiger partial charge in [0, 0.05) is 26.6 Å². The summed E-state index contributed by atoms with van der Waals surface area (Å²) < 4.78 is 10.3. The van der Waals surface area contributed by atoms with Crippen molar-refractivity contribution < 1.29 is 23.9 Å². The highest BCUT2D eigenvalue weighted by molar-refractivity contribution is 5.79. The van der Waals surface area contributed by atoms with Crippen LogP contribution in [0.5, 0.6) is 5.75 Å². The second kappa shape index (κ2) is 10.3. The predicted octanol–water partition coefficient (Wildman–Crippen LogP) is 1.21. The van der Waals surface area contributed by atoms with Gasteiger partial charge in [-0.1, -0.05) is 18.2 Å². The zero-order valence-corrected chi connectivity index (χ0v) is 15.3. The summed E-state index contributed by atoms with van der Waals surface area (Å²) in [6, 6.07) is 5.76. The van der Waals surface area contributed by atoms with Gasteiger partial charge in [0.2, 0.25) is 5.91 Å². The van der Waals surface area contributed by atoms with Crippen molar-refractivity contribution >= 4 is 17.8 Å². The summed E-state index contributed by atoms with van der Waals surface area (Å²) in [5.41, 5.74) is 1.90. The number of methoxy groups -OCH3 is 1. The van der Waals surface area contributed by atoms with Crippen molar-refractivity contribution in [2.75, 3.05) is 33.4 Å². The number of benzene rings is 1. The molecule has 0 saturated heterocycles. The molecule has 25 heavy (non-hydrogen) atoms. The fraction of sp³-hybridized carbons (Fsp3) is 0.500. The number of amides is 2. The molecule has 138 valence electrons. The number of nitrogens with zero attached hydrogens (tertiary/aromatic N) is 1. The average molecular weight is 350 g/mol. The summed E-state index contributed by atoms with van der Waals surface area (Å²) in [6.45, 7) is 5.92. The zero-order valence-electron chi connectivity index (χ0n) is 15.3. The minimum absolute atomic E-state index is 0.0890. The quantitative estimate of drug-likeness (QED) is 0.677. The number of esters is 1. The van der Waals surface area contributed by atoms with E-state index in [1.54, 1.807) is 0 Å². The molecular weight excluding hydrogens is 324 g/mol. The highest BCUT2D eigenvalue weighted by Crippen LogP contribution is 2.22. The second-order valence-corrected chi connectivity index (χ2v) is 5.70. The number of rotatable bonds is 9. The summed E-state index contributed by atoms with van der Waals surface area (Å²) in [4.78, 5) is 36.2. The van der Waals surface area contributed by atoms with Gasteiger partial charge in [0.15, 0.2) is 6.61 Å². The minimum Gasteiger partial charge on any atom is -0.483 e. The van der Waals surface area contributed by atoms with Gasteiger partial charge in [0.25, 0.3) is 5.91 Å². The second-order valence-electron chi connectivity index (χ2n) is 5.70. The van der Waals surface area contributed by atoms with E-state index in [-0.39, 0.29) is 31.4 Å². The molecule has 0 unspecified atom stereocenters. The van der Waals surface area contributed by atoms with Crippen molar-refractivity contribution in [3.8, 4) is 5.75 Å². The van der Waals surface area contributed by atoms with Crippen LogP contribution < -0.4 is 10.1 Å². The largest absolute Gasteiger partial charge is 0.483 e. The van der Waals surface area contributed by atoms with Crippen molar-refractivity contribution in [3.05, 3.63) is 29.3 Å². The zero-order chi connectivity index (χ0) is 18.8. The summed E-state index contributed by atoms with van der Waals surface area (Å²) in [5, 5.41) is 2.63. The van der Waals surface area contributed by atoms with Crippen LogP contribution in [-0.2, 0) is 19.1 Å². The van der Waals surface area contributed by atoms with Gasteiger partial charge < -0.3 is 19.7 Å². The molecule has 1 N–H and O–H groups in total. The van der Waals surface area contributed by atoms with Crippen molar-refractivity contribution in [2.45, 2.75) is 27.2 Å². The number of carbonyl (C=O) groups is 3. The Balaban J connectivity index is 2.66. The topological polar surface area (TPSA) is 84.9 Å². The van der Waals surface area contributed by atoms with Crippen LogP contribution in [0.25, 0.3) is 0 Å². The van der Waals surface area contributed by atoms with E-state index in [0.717, 1.165) is 11.1 Å². The Morgan fingerprint density at radius 2 is 1.76 bits per heavy atom. The SMILES string of the molecule is COC(=O)CCN(CCNC(C)=O)C(=O)COc1c(C)cccc1C. The molecule has 0 radical (unpaired) electrons. The van der Waals surface area contributed by atoms with Crippen molar-refractivity contribution in [1.29, 1.82) is 0 Å². The highest BCUT2D eigenvalue weighted by Gasteiger charge is 2.17. The van der Waals surface area contributed by atoms with E-state index in [1.807, 2.05) is 32.0 Å². The van der Waals surface area contributed by atoms with E-state index in [1.165, 1.54) is 18.9 Å². The summed E-state index contributed by atoms with van der Waals surface area (Å²) in [7, 11) is 1.30. The van der Waals surface area contributed by atoms with Gasteiger partial charge in [-0.15, -0.1) is 0 Å². The van der Waals surface area contributed by atoms with Crippen LogP contribution in [0.4, 0.5) is 0 Å². The Morgan fingerprint density at radius 3 is 2.32 bits per heavy atom. The first-order valence-corrected chi connectivity index (χ1v) is 8.13. The fourth-order valence-electron chi connectivity index (χ4n) is 2.31. The van der Waals surface area contributed by atoms with E-state index in [0.29, 0.717) is 18.8 Å². The molecule has 0 aliphatic carbocycles. The molecule has 0 fully saturated rings. The lowest BCUT2D eigenvalue weighted by Crippen LogP contribution is -2.41. The number of hydrogen-bond acceptors (Lipinski definition) is 5. The molecule has 0 aromatic heterocycles. The normalized spacial score (nSPS) is 10.1. The molecule has 0 aliphatic heterocycles. The van der Waals surface area contributed by atoms with Gasteiger partial charge in [-0.25, -0.2) is 0 Å². The van der Waals surface area contributed by atoms with E-state index >= 15 is 0 Å². The molecular formula is C18H26N2O5. The molecule has 7 nitrogen and oxygen atoms in total. The highest BCUT2D eigenvalue weighted by atomic mass is 16.5. The standard InChI is InChI=1S/C18H26N2O5/c1-13-6-5-7-14(2)18(13)25-12-16(22)20(10-8-17(23)24-4)11-9-19-15(3)21/h5-7H,8-12H2,1-4H3,(H,19,21). The molecule has 1 aromatic carbocycles. The molecule has 0 atom stereocenters. The fourth-order valence-corrected chi connectivity index (χ4v) is 2.31. The lowest BCUT2D eigenvalue weighted by atomic mass is 10.1. The lowest BCUT2D eigenvalue weighted by Gasteiger charge is -2.23. The average Bonchev–Trinajstić information content (AvgIpc) is 2.56. The number of nitrogens with one attached hydrogen (secondary N) is 1. The molecule has 0 bridgehead atoms. The third-order valence-electron chi connectivity index (χ3n) is 3.67. The first kappa shape index (κ1) is 20.5. The third-order valence-corrected chi connectivity index (χ3v) is 3.67. The third kappa shape index (κ3) is 7.24. The predicted molar refractivity (Wildman–Crippen MR) is 93.3 cm³/mol. The van der Waals surface area contributed by atoms with Gasteiger partial charge >= 0.3 is 5.97 Å². The molecule has 0 spiro atoms. The van der Waals surface area contributed by atoms with Gasteiger partial charge in [-0.2, -0.15) is 0 Å². The van der Waals surface area contributed by atoms with E-state index < -0.39 is 5.97 Å². The van der Waals surface area contributed by atoms with E-state index in [2.05, 4.69) is 10.1 Å². The molecule has 0 aliphatic rings. The number of aryl methyl sites for hydroxylation is 2. The maximum Gasteiger partial charge on any atom is 0.307 e. The summed E-state index contributed by atoms with van der Waals surface area (Å²) in [6.07, 6.45) is 0.0890. The van der Waals surface area contributed by atoms with Crippen LogP contribution in [0.2, 0.25) is 0 Å². The van der Waals surface area contributed by atoms with Crippen molar-refractivity contribution in [1.82, 2.24) is 10.2 Å². The van der Waals surface area contributed by atoms with Crippen LogP contribution in [0, 0.1) is 13.8 Å². The molecule has 1 aromatic rings. The Kier molecular flexibility index (Phi) is 8.46. The van der Waals surface area contributed by atoms with Gasteiger partial charge in [0.05, 0.1) is 13.5 Å². The molecule has 2 amide bonds. The monoisotopic (exact) mass is 350 g/mol. The van der Waals surface area contributed by atoms with Gasteiger partial charge in [-0.05, 0) is 25.0 Å². The first-order chi connectivity index (χ1) is 11.8. The Labute approximate surface area is 148 Å². The summed E-state index contributed by atoms with van der Waals surface area (Å²) in [5.74, 6) is -0.136.